The largest absolute Gasteiger partial charge is 0.325 e. The smallest absolute Gasteiger partial charge is 0.242 e. The minimum atomic E-state index is -0.293. The van der Waals surface area contributed by atoms with Gasteiger partial charge in [-0.25, -0.2) is 15.8 Å². The topological polar surface area (TPSA) is 94.7 Å². The third-order valence-electron chi connectivity index (χ3n) is 5.28. The second-order valence-electron chi connectivity index (χ2n) is 7.43. The molecule has 1 aliphatic carbocycles. The normalized spacial score (nSPS) is 21.6. The first-order chi connectivity index (χ1) is 13.8. The lowest BCUT2D eigenvalue weighted by Crippen LogP contribution is -2.39. The molecule has 2 aromatic carbocycles. The SMILES string of the molecule is O=C(Nc1cccc(-c2n[nH]c(C3CC3)n2)c1)C1CC(c2ccccc2)NN1. The minimum Gasteiger partial charge on any atom is -0.325 e. The van der Waals surface area contributed by atoms with Crippen LogP contribution < -0.4 is 16.2 Å². The first-order valence-corrected chi connectivity index (χ1v) is 9.66. The molecule has 1 amide bonds. The van der Waals surface area contributed by atoms with Gasteiger partial charge in [-0.05, 0) is 37.0 Å². The molecule has 0 radical (unpaired) electrons. The maximum absolute atomic E-state index is 12.7. The summed E-state index contributed by atoms with van der Waals surface area (Å²) in [6.45, 7) is 0. The Morgan fingerprint density at radius 2 is 1.89 bits per heavy atom. The molecule has 5 rings (SSSR count). The molecule has 1 saturated heterocycles. The van der Waals surface area contributed by atoms with Gasteiger partial charge < -0.3 is 5.32 Å². The lowest BCUT2D eigenvalue weighted by Gasteiger charge is -2.11. The van der Waals surface area contributed by atoms with Gasteiger partial charge in [-0.2, -0.15) is 5.10 Å². The van der Waals surface area contributed by atoms with Crippen molar-refractivity contribution in [3.8, 4) is 11.4 Å². The van der Waals surface area contributed by atoms with Crippen LogP contribution in [-0.4, -0.2) is 27.1 Å². The van der Waals surface area contributed by atoms with E-state index in [4.69, 9.17) is 0 Å². The van der Waals surface area contributed by atoms with Crippen LogP contribution in [-0.2, 0) is 4.79 Å². The fraction of sp³-hybridized carbons (Fsp3) is 0.286. The van der Waals surface area contributed by atoms with Crippen molar-refractivity contribution in [3.63, 3.8) is 0 Å². The molecule has 1 saturated carbocycles. The van der Waals surface area contributed by atoms with Crippen LogP contribution in [0.1, 0.15) is 42.6 Å². The van der Waals surface area contributed by atoms with E-state index in [2.05, 4.69) is 43.5 Å². The van der Waals surface area contributed by atoms with Crippen molar-refractivity contribution in [2.75, 3.05) is 5.32 Å². The number of amides is 1. The quantitative estimate of drug-likeness (QED) is 0.551. The Morgan fingerprint density at radius 1 is 1.04 bits per heavy atom. The summed E-state index contributed by atoms with van der Waals surface area (Å²) in [4.78, 5) is 17.3. The first-order valence-electron chi connectivity index (χ1n) is 9.66. The molecule has 7 nitrogen and oxygen atoms in total. The molecule has 3 aromatic rings. The monoisotopic (exact) mass is 374 g/mol. The van der Waals surface area contributed by atoms with Crippen molar-refractivity contribution in [3.05, 3.63) is 66.0 Å². The fourth-order valence-corrected chi connectivity index (χ4v) is 3.54. The highest BCUT2D eigenvalue weighted by Gasteiger charge is 2.30. The van der Waals surface area contributed by atoms with Crippen molar-refractivity contribution in [1.29, 1.82) is 0 Å². The number of hydrogen-bond acceptors (Lipinski definition) is 5. The number of aromatic nitrogens is 3. The van der Waals surface area contributed by atoms with E-state index in [1.807, 2.05) is 42.5 Å². The zero-order chi connectivity index (χ0) is 18.9. The van der Waals surface area contributed by atoms with Gasteiger partial charge in [0.2, 0.25) is 5.91 Å². The number of carbonyl (C=O) groups is 1. The molecular weight excluding hydrogens is 352 g/mol. The maximum atomic E-state index is 12.7. The van der Waals surface area contributed by atoms with Crippen molar-refractivity contribution < 1.29 is 4.79 Å². The van der Waals surface area contributed by atoms with Crippen LogP contribution in [0.25, 0.3) is 11.4 Å². The van der Waals surface area contributed by atoms with Crippen molar-refractivity contribution in [2.24, 2.45) is 0 Å². The first kappa shape index (κ1) is 17.1. The van der Waals surface area contributed by atoms with Gasteiger partial charge in [0.1, 0.15) is 11.9 Å². The number of carbonyl (C=O) groups excluding carboxylic acids is 1. The van der Waals surface area contributed by atoms with Gasteiger partial charge >= 0.3 is 0 Å². The van der Waals surface area contributed by atoms with Crippen LogP contribution in [0.3, 0.4) is 0 Å². The third kappa shape index (κ3) is 3.54. The van der Waals surface area contributed by atoms with Gasteiger partial charge in [-0.15, -0.1) is 0 Å². The standard InChI is InChI=1S/C21H22N6O/c28-21(18-12-17(24-25-18)13-5-2-1-3-6-13)22-16-8-4-7-15(11-16)20-23-19(26-27-20)14-9-10-14/h1-8,11,14,17-18,24-25H,9-10,12H2,(H,22,28)(H,23,26,27). The zero-order valence-electron chi connectivity index (χ0n) is 15.4. The number of nitrogens with one attached hydrogen (secondary N) is 4. The predicted molar refractivity (Wildman–Crippen MR) is 106 cm³/mol. The molecule has 0 bridgehead atoms. The van der Waals surface area contributed by atoms with Gasteiger partial charge in [-0.3, -0.25) is 9.89 Å². The molecule has 2 fully saturated rings. The highest BCUT2D eigenvalue weighted by atomic mass is 16.2. The highest BCUT2D eigenvalue weighted by molar-refractivity contribution is 5.95. The molecular formula is C21H22N6O. The Hall–Kier alpha value is -3.03. The van der Waals surface area contributed by atoms with E-state index in [9.17, 15) is 4.79 Å². The van der Waals surface area contributed by atoms with Gasteiger partial charge in [0.25, 0.3) is 0 Å². The van der Waals surface area contributed by atoms with Crippen LogP contribution in [0.4, 0.5) is 5.69 Å². The number of anilines is 1. The lowest BCUT2D eigenvalue weighted by molar-refractivity contribution is -0.117. The molecule has 28 heavy (non-hydrogen) atoms. The lowest BCUT2D eigenvalue weighted by atomic mass is 10.0. The second kappa shape index (κ2) is 7.18. The number of hydrogen-bond donors (Lipinski definition) is 4. The number of hydrazine groups is 1. The van der Waals surface area contributed by atoms with Gasteiger partial charge in [0, 0.05) is 23.2 Å². The van der Waals surface area contributed by atoms with E-state index in [1.54, 1.807) is 0 Å². The van der Waals surface area contributed by atoms with Crippen molar-refractivity contribution >= 4 is 11.6 Å². The summed E-state index contributed by atoms with van der Waals surface area (Å²) in [5, 5.41) is 10.3. The van der Waals surface area contributed by atoms with E-state index >= 15 is 0 Å². The van der Waals surface area contributed by atoms with E-state index in [1.165, 1.54) is 18.4 Å². The zero-order valence-corrected chi connectivity index (χ0v) is 15.4. The summed E-state index contributed by atoms with van der Waals surface area (Å²) in [7, 11) is 0. The highest BCUT2D eigenvalue weighted by Crippen LogP contribution is 2.38. The van der Waals surface area contributed by atoms with E-state index < -0.39 is 0 Å². The molecule has 142 valence electrons. The molecule has 2 atom stereocenters. The summed E-state index contributed by atoms with van der Waals surface area (Å²) in [5.41, 5.74) is 9.11. The summed E-state index contributed by atoms with van der Waals surface area (Å²) in [5.74, 6) is 2.10. The summed E-state index contributed by atoms with van der Waals surface area (Å²) in [6.07, 6.45) is 3.05. The van der Waals surface area contributed by atoms with E-state index in [0.29, 0.717) is 18.2 Å². The molecule has 2 aliphatic rings. The fourth-order valence-electron chi connectivity index (χ4n) is 3.54. The number of aromatic amines is 1. The predicted octanol–water partition coefficient (Wildman–Crippen LogP) is 2.90. The van der Waals surface area contributed by atoms with Crippen LogP contribution in [0.5, 0.6) is 0 Å². The number of nitrogens with zero attached hydrogens (tertiary/aromatic N) is 2. The maximum Gasteiger partial charge on any atom is 0.242 e. The summed E-state index contributed by atoms with van der Waals surface area (Å²) < 4.78 is 0. The Morgan fingerprint density at radius 3 is 2.71 bits per heavy atom. The molecule has 2 heterocycles. The average molecular weight is 374 g/mol. The Bertz CT molecular complexity index is 981. The van der Waals surface area contributed by atoms with E-state index in [0.717, 1.165) is 17.1 Å². The molecule has 0 spiro atoms. The van der Waals surface area contributed by atoms with Crippen LogP contribution in [0, 0.1) is 0 Å². The Balaban J connectivity index is 1.25. The van der Waals surface area contributed by atoms with Crippen molar-refractivity contribution in [2.45, 2.75) is 37.3 Å². The minimum absolute atomic E-state index is 0.0586. The number of H-pyrrole nitrogens is 1. The number of benzene rings is 2. The second-order valence-corrected chi connectivity index (χ2v) is 7.43. The molecule has 1 aromatic heterocycles. The van der Waals surface area contributed by atoms with Crippen LogP contribution in [0.2, 0.25) is 0 Å². The number of rotatable bonds is 5. The molecule has 4 N–H and O–H groups in total. The van der Waals surface area contributed by atoms with Crippen molar-refractivity contribution in [1.82, 2.24) is 26.0 Å². The van der Waals surface area contributed by atoms with Gasteiger partial charge in [0.15, 0.2) is 5.82 Å². The average Bonchev–Trinajstić information content (AvgIpc) is 3.26. The molecule has 2 unspecified atom stereocenters. The Labute approximate surface area is 162 Å². The van der Waals surface area contributed by atoms with Crippen LogP contribution in [0.15, 0.2) is 54.6 Å². The molecule has 7 heteroatoms. The summed E-state index contributed by atoms with van der Waals surface area (Å²) in [6, 6.07) is 17.6. The third-order valence-corrected chi connectivity index (χ3v) is 5.28. The molecule has 1 aliphatic heterocycles. The Kier molecular flexibility index (Phi) is 4.38. The van der Waals surface area contributed by atoms with E-state index in [-0.39, 0.29) is 18.0 Å². The van der Waals surface area contributed by atoms with Crippen LogP contribution >= 0.6 is 0 Å². The van der Waals surface area contributed by atoms with Gasteiger partial charge in [0.05, 0.1) is 0 Å². The van der Waals surface area contributed by atoms with Gasteiger partial charge in [-0.1, -0.05) is 42.5 Å². The summed E-state index contributed by atoms with van der Waals surface area (Å²) >= 11 is 0.